The van der Waals surface area contributed by atoms with Crippen LogP contribution >= 0.6 is 0 Å². The number of benzene rings is 1. The van der Waals surface area contributed by atoms with Gasteiger partial charge in [-0.3, -0.25) is 4.79 Å². The Morgan fingerprint density at radius 1 is 1.48 bits per heavy atom. The number of hydrogen-bond donors (Lipinski definition) is 1. The zero-order chi connectivity index (χ0) is 16.2. The van der Waals surface area contributed by atoms with Gasteiger partial charge in [0.2, 0.25) is 5.91 Å². The second kappa shape index (κ2) is 6.89. The standard InChI is InChI=1S/C16H18FN3O3/c1-22-10-16(21)19-6-13-8-20-14(7-18-15(20)9-23-13)11-2-4-12(17)5-3-11/h2-5,7,13H,6,8-10H2,1H3,(H,19,21)/t13-/m0/s1. The molecule has 0 fully saturated rings. The van der Waals surface area contributed by atoms with Gasteiger partial charge in [-0.05, 0) is 29.8 Å². The third kappa shape index (κ3) is 3.57. The highest BCUT2D eigenvalue weighted by Gasteiger charge is 2.23. The van der Waals surface area contributed by atoms with E-state index in [0.29, 0.717) is 19.7 Å². The Labute approximate surface area is 133 Å². The van der Waals surface area contributed by atoms with E-state index in [0.717, 1.165) is 17.1 Å². The third-order valence-electron chi connectivity index (χ3n) is 3.71. The lowest BCUT2D eigenvalue weighted by atomic mass is 10.1. The molecule has 2 heterocycles. The van der Waals surface area contributed by atoms with Crippen LogP contribution in [0.2, 0.25) is 0 Å². The normalized spacial score (nSPS) is 16.9. The average Bonchev–Trinajstić information content (AvgIpc) is 2.97. The highest BCUT2D eigenvalue weighted by Crippen LogP contribution is 2.24. The van der Waals surface area contributed by atoms with E-state index in [9.17, 15) is 9.18 Å². The van der Waals surface area contributed by atoms with E-state index in [1.165, 1.54) is 19.2 Å². The van der Waals surface area contributed by atoms with Gasteiger partial charge in [0.25, 0.3) is 0 Å². The van der Waals surface area contributed by atoms with Crippen LogP contribution in [-0.2, 0) is 27.4 Å². The van der Waals surface area contributed by atoms with Crippen LogP contribution in [0.4, 0.5) is 4.39 Å². The average molecular weight is 319 g/mol. The maximum absolute atomic E-state index is 13.1. The van der Waals surface area contributed by atoms with E-state index >= 15 is 0 Å². The van der Waals surface area contributed by atoms with Crippen molar-refractivity contribution in [3.8, 4) is 11.3 Å². The minimum atomic E-state index is -0.269. The van der Waals surface area contributed by atoms with Crippen LogP contribution in [-0.4, -0.2) is 41.8 Å². The summed E-state index contributed by atoms with van der Waals surface area (Å²) in [6.45, 7) is 1.40. The van der Waals surface area contributed by atoms with Crippen LogP contribution in [0, 0.1) is 5.82 Å². The maximum Gasteiger partial charge on any atom is 0.246 e. The van der Waals surface area contributed by atoms with Gasteiger partial charge in [0.15, 0.2) is 0 Å². The number of methoxy groups -OCH3 is 1. The van der Waals surface area contributed by atoms with Crippen molar-refractivity contribution in [3.63, 3.8) is 0 Å². The molecule has 1 aromatic heterocycles. The summed E-state index contributed by atoms with van der Waals surface area (Å²) in [4.78, 5) is 15.8. The van der Waals surface area contributed by atoms with Gasteiger partial charge in [-0.15, -0.1) is 0 Å². The van der Waals surface area contributed by atoms with Gasteiger partial charge in [0, 0.05) is 13.7 Å². The Balaban J connectivity index is 1.71. The number of hydrogen-bond acceptors (Lipinski definition) is 4. The lowest BCUT2D eigenvalue weighted by Gasteiger charge is -2.26. The number of rotatable bonds is 5. The van der Waals surface area contributed by atoms with Crippen LogP contribution in [0.1, 0.15) is 5.82 Å². The van der Waals surface area contributed by atoms with E-state index < -0.39 is 0 Å². The lowest BCUT2D eigenvalue weighted by molar-refractivity contribution is -0.125. The SMILES string of the molecule is COCC(=O)NC[C@H]1Cn2c(-c3ccc(F)cc3)cnc2CO1. The van der Waals surface area contributed by atoms with Crippen molar-refractivity contribution in [1.82, 2.24) is 14.9 Å². The minimum Gasteiger partial charge on any atom is -0.375 e. The van der Waals surface area contributed by atoms with Crippen LogP contribution in [0.25, 0.3) is 11.3 Å². The maximum atomic E-state index is 13.1. The Morgan fingerprint density at radius 3 is 3.00 bits per heavy atom. The number of carbonyl (C=O) groups is 1. The monoisotopic (exact) mass is 319 g/mol. The number of amides is 1. The zero-order valence-electron chi connectivity index (χ0n) is 12.8. The number of aromatic nitrogens is 2. The number of nitrogens with zero attached hydrogens (tertiary/aromatic N) is 2. The molecule has 7 heteroatoms. The van der Waals surface area contributed by atoms with E-state index in [2.05, 4.69) is 10.3 Å². The van der Waals surface area contributed by atoms with Gasteiger partial charge in [-0.2, -0.15) is 0 Å². The largest absolute Gasteiger partial charge is 0.375 e. The molecule has 0 aliphatic carbocycles. The fourth-order valence-electron chi connectivity index (χ4n) is 2.57. The molecule has 2 aromatic rings. The summed E-state index contributed by atoms with van der Waals surface area (Å²) in [6.07, 6.45) is 1.62. The molecular formula is C16H18FN3O3. The van der Waals surface area contributed by atoms with Crippen LogP contribution in [0.5, 0.6) is 0 Å². The molecule has 1 aliphatic heterocycles. The molecule has 6 nitrogen and oxygen atoms in total. The molecule has 0 saturated heterocycles. The lowest BCUT2D eigenvalue weighted by Crippen LogP contribution is -2.40. The molecule has 1 aromatic carbocycles. The van der Waals surface area contributed by atoms with Gasteiger partial charge >= 0.3 is 0 Å². The number of carbonyl (C=O) groups excluding carboxylic acids is 1. The van der Waals surface area contributed by atoms with E-state index in [-0.39, 0.29) is 24.4 Å². The highest BCUT2D eigenvalue weighted by atomic mass is 19.1. The van der Waals surface area contributed by atoms with E-state index in [4.69, 9.17) is 9.47 Å². The molecule has 1 aliphatic rings. The van der Waals surface area contributed by atoms with Crippen LogP contribution in [0.15, 0.2) is 30.5 Å². The third-order valence-corrected chi connectivity index (χ3v) is 3.71. The van der Waals surface area contributed by atoms with E-state index in [1.54, 1.807) is 18.3 Å². The first-order valence-corrected chi connectivity index (χ1v) is 7.35. The quantitative estimate of drug-likeness (QED) is 0.903. The molecule has 0 spiro atoms. The van der Waals surface area contributed by atoms with Crippen LogP contribution < -0.4 is 5.32 Å². The zero-order valence-corrected chi connectivity index (χ0v) is 12.8. The molecule has 0 radical (unpaired) electrons. The Bertz CT molecular complexity index is 684. The summed E-state index contributed by atoms with van der Waals surface area (Å²) < 4.78 is 25.6. The predicted molar refractivity (Wildman–Crippen MR) is 81.1 cm³/mol. The van der Waals surface area contributed by atoms with Gasteiger partial charge in [0.05, 0.1) is 24.5 Å². The van der Waals surface area contributed by atoms with Gasteiger partial charge in [-0.25, -0.2) is 9.37 Å². The first-order valence-electron chi connectivity index (χ1n) is 7.35. The summed E-state index contributed by atoms with van der Waals surface area (Å²) in [7, 11) is 1.48. The topological polar surface area (TPSA) is 65.4 Å². The Hall–Kier alpha value is -2.25. The number of fused-ring (bicyclic) bond motifs is 1. The Morgan fingerprint density at radius 2 is 2.26 bits per heavy atom. The van der Waals surface area contributed by atoms with Crippen molar-refractivity contribution in [1.29, 1.82) is 0 Å². The molecule has 1 amide bonds. The second-order valence-electron chi connectivity index (χ2n) is 5.35. The number of imidazole rings is 1. The fourth-order valence-corrected chi connectivity index (χ4v) is 2.57. The minimum absolute atomic E-state index is 0.0316. The molecule has 1 atom stereocenters. The van der Waals surface area contributed by atoms with Crippen molar-refractivity contribution in [2.24, 2.45) is 0 Å². The summed E-state index contributed by atoms with van der Waals surface area (Å²) in [6, 6.07) is 6.31. The second-order valence-corrected chi connectivity index (χ2v) is 5.35. The number of ether oxygens (including phenoxy) is 2. The highest BCUT2D eigenvalue weighted by molar-refractivity contribution is 5.77. The van der Waals surface area contributed by atoms with Crippen molar-refractivity contribution in [3.05, 3.63) is 42.1 Å². The molecule has 0 bridgehead atoms. The smallest absolute Gasteiger partial charge is 0.246 e. The van der Waals surface area contributed by atoms with Crippen molar-refractivity contribution in [2.75, 3.05) is 20.3 Å². The van der Waals surface area contributed by atoms with Crippen molar-refractivity contribution >= 4 is 5.91 Å². The van der Waals surface area contributed by atoms with Gasteiger partial charge in [-0.1, -0.05) is 0 Å². The number of halogens is 1. The molecular weight excluding hydrogens is 301 g/mol. The Kier molecular flexibility index (Phi) is 4.68. The first kappa shape index (κ1) is 15.6. The predicted octanol–water partition coefficient (Wildman–Crippen LogP) is 1.35. The fraction of sp³-hybridized carbons (Fsp3) is 0.375. The molecule has 122 valence electrons. The van der Waals surface area contributed by atoms with Gasteiger partial charge in [0.1, 0.15) is 24.9 Å². The molecule has 0 unspecified atom stereocenters. The van der Waals surface area contributed by atoms with Gasteiger partial charge < -0.3 is 19.4 Å². The number of nitrogens with one attached hydrogen (secondary N) is 1. The first-order chi connectivity index (χ1) is 11.2. The summed E-state index contributed by atoms with van der Waals surface area (Å²) in [5.41, 5.74) is 1.81. The summed E-state index contributed by atoms with van der Waals surface area (Å²) in [5.74, 6) is 0.379. The molecule has 0 saturated carbocycles. The summed E-state index contributed by atoms with van der Waals surface area (Å²) >= 11 is 0. The van der Waals surface area contributed by atoms with Crippen molar-refractivity contribution in [2.45, 2.75) is 19.3 Å². The van der Waals surface area contributed by atoms with E-state index in [1.807, 2.05) is 4.57 Å². The van der Waals surface area contributed by atoms with Crippen molar-refractivity contribution < 1.29 is 18.7 Å². The molecule has 3 rings (SSSR count). The summed E-state index contributed by atoms with van der Waals surface area (Å²) in [5, 5.41) is 2.77. The van der Waals surface area contributed by atoms with Crippen LogP contribution in [0.3, 0.4) is 0 Å². The molecule has 23 heavy (non-hydrogen) atoms. The molecule has 1 N–H and O–H groups in total.